The van der Waals surface area contributed by atoms with Gasteiger partial charge in [0.2, 0.25) is 0 Å². The molecule has 0 spiro atoms. The Morgan fingerprint density at radius 2 is 1.89 bits per heavy atom. The van der Waals surface area contributed by atoms with E-state index in [4.69, 9.17) is 5.73 Å². The first-order valence-corrected chi connectivity index (χ1v) is 8.06. The Labute approximate surface area is 114 Å². The summed E-state index contributed by atoms with van der Waals surface area (Å²) in [5, 5.41) is 3.73. The fraction of sp³-hybridized carbons (Fsp3) is 1.00. The molecule has 0 aliphatic heterocycles. The van der Waals surface area contributed by atoms with Crippen LogP contribution in [0.25, 0.3) is 0 Å². The van der Waals surface area contributed by atoms with E-state index in [1.54, 1.807) is 0 Å². The molecule has 0 heterocycles. The predicted octanol–water partition coefficient (Wildman–Crippen LogP) is 3.70. The van der Waals surface area contributed by atoms with Crippen LogP contribution in [0.15, 0.2) is 0 Å². The highest BCUT2D eigenvalue weighted by Gasteiger charge is 2.29. The largest absolute Gasteiger partial charge is 0.329 e. The molecule has 108 valence electrons. The molecule has 0 radical (unpaired) electrons. The van der Waals surface area contributed by atoms with E-state index in [0.717, 1.165) is 24.9 Å². The monoisotopic (exact) mass is 254 g/mol. The lowest BCUT2D eigenvalue weighted by atomic mass is 9.93. The van der Waals surface area contributed by atoms with Crippen LogP contribution in [0.4, 0.5) is 0 Å². The second-order valence-electron chi connectivity index (χ2n) is 6.62. The molecule has 0 aromatic rings. The van der Waals surface area contributed by atoms with Gasteiger partial charge in [0.1, 0.15) is 0 Å². The SMILES string of the molecule is CCCCCCCC(C)(CN)NCC(C)C1CC1. The Balaban J connectivity index is 2.14. The van der Waals surface area contributed by atoms with Crippen LogP contribution in [0.2, 0.25) is 0 Å². The Kier molecular flexibility index (Phi) is 7.25. The maximum atomic E-state index is 5.96. The average Bonchev–Trinajstić information content (AvgIpc) is 3.20. The number of hydrogen-bond donors (Lipinski definition) is 2. The minimum Gasteiger partial charge on any atom is -0.329 e. The molecule has 1 aliphatic carbocycles. The van der Waals surface area contributed by atoms with Crippen LogP contribution in [0.1, 0.15) is 72.1 Å². The summed E-state index contributed by atoms with van der Waals surface area (Å²) in [5.41, 5.74) is 6.13. The van der Waals surface area contributed by atoms with Crippen molar-refractivity contribution in [1.29, 1.82) is 0 Å². The summed E-state index contributed by atoms with van der Waals surface area (Å²) in [7, 11) is 0. The van der Waals surface area contributed by atoms with Gasteiger partial charge in [0.05, 0.1) is 0 Å². The zero-order valence-electron chi connectivity index (χ0n) is 12.8. The lowest BCUT2D eigenvalue weighted by Crippen LogP contribution is -2.50. The third-order valence-electron chi connectivity index (χ3n) is 4.56. The van der Waals surface area contributed by atoms with E-state index in [2.05, 4.69) is 26.1 Å². The molecule has 0 aromatic heterocycles. The zero-order chi connectivity index (χ0) is 13.4. The van der Waals surface area contributed by atoms with Crippen molar-refractivity contribution in [3.8, 4) is 0 Å². The standard InChI is InChI=1S/C16H34N2/c1-4-5-6-7-8-11-16(3,13-17)18-12-14(2)15-9-10-15/h14-15,18H,4-13,17H2,1-3H3. The molecule has 1 saturated carbocycles. The van der Waals surface area contributed by atoms with E-state index >= 15 is 0 Å². The highest BCUT2D eigenvalue weighted by molar-refractivity contribution is 4.87. The van der Waals surface area contributed by atoms with Crippen LogP contribution in [-0.4, -0.2) is 18.6 Å². The highest BCUT2D eigenvalue weighted by atomic mass is 15.0. The molecule has 18 heavy (non-hydrogen) atoms. The molecule has 0 aromatic carbocycles. The van der Waals surface area contributed by atoms with Gasteiger partial charge in [0.15, 0.2) is 0 Å². The van der Waals surface area contributed by atoms with Crippen LogP contribution < -0.4 is 11.1 Å². The van der Waals surface area contributed by atoms with Crippen molar-refractivity contribution in [1.82, 2.24) is 5.32 Å². The smallest absolute Gasteiger partial charge is 0.0275 e. The van der Waals surface area contributed by atoms with Crippen LogP contribution in [0.5, 0.6) is 0 Å². The van der Waals surface area contributed by atoms with E-state index < -0.39 is 0 Å². The Bertz CT molecular complexity index is 213. The molecule has 0 amide bonds. The summed E-state index contributed by atoms with van der Waals surface area (Å²) in [6.45, 7) is 8.85. The van der Waals surface area contributed by atoms with Gasteiger partial charge in [0, 0.05) is 12.1 Å². The Morgan fingerprint density at radius 1 is 1.22 bits per heavy atom. The lowest BCUT2D eigenvalue weighted by Gasteiger charge is -2.31. The second kappa shape index (κ2) is 8.16. The number of rotatable bonds is 11. The molecule has 1 rings (SSSR count). The molecular weight excluding hydrogens is 220 g/mol. The van der Waals surface area contributed by atoms with E-state index in [-0.39, 0.29) is 5.54 Å². The first-order valence-electron chi connectivity index (χ1n) is 8.06. The minimum atomic E-state index is 0.162. The van der Waals surface area contributed by atoms with Crippen molar-refractivity contribution < 1.29 is 0 Å². The maximum absolute atomic E-state index is 5.96. The van der Waals surface area contributed by atoms with Crippen molar-refractivity contribution in [3.63, 3.8) is 0 Å². The van der Waals surface area contributed by atoms with Gasteiger partial charge in [-0.2, -0.15) is 0 Å². The summed E-state index contributed by atoms with van der Waals surface area (Å²) in [4.78, 5) is 0. The summed E-state index contributed by atoms with van der Waals surface area (Å²) in [5.74, 6) is 1.82. The second-order valence-corrected chi connectivity index (χ2v) is 6.62. The van der Waals surface area contributed by atoms with Gasteiger partial charge in [-0.25, -0.2) is 0 Å². The third kappa shape index (κ3) is 6.19. The van der Waals surface area contributed by atoms with Gasteiger partial charge in [-0.1, -0.05) is 46.0 Å². The number of hydrogen-bond acceptors (Lipinski definition) is 2. The summed E-state index contributed by atoms with van der Waals surface area (Å²) >= 11 is 0. The fourth-order valence-electron chi connectivity index (χ4n) is 2.62. The first kappa shape index (κ1) is 16.0. The van der Waals surface area contributed by atoms with E-state index in [9.17, 15) is 0 Å². The van der Waals surface area contributed by atoms with Gasteiger partial charge in [0.25, 0.3) is 0 Å². The van der Waals surface area contributed by atoms with E-state index in [1.165, 1.54) is 51.4 Å². The van der Waals surface area contributed by atoms with Crippen molar-refractivity contribution in [2.45, 2.75) is 77.7 Å². The molecule has 1 fully saturated rings. The predicted molar refractivity (Wildman–Crippen MR) is 80.7 cm³/mol. The van der Waals surface area contributed by atoms with E-state index in [0.29, 0.717) is 0 Å². The van der Waals surface area contributed by atoms with Gasteiger partial charge in [-0.3, -0.25) is 0 Å². The van der Waals surface area contributed by atoms with Crippen LogP contribution in [0, 0.1) is 11.8 Å². The minimum absolute atomic E-state index is 0.162. The molecule has 0 bridgehead atoms. The van der Waals surface area contributed by atoms with Crippen molar-refractivity contribution >= 4 is 0 Å². The van der Waals surface area contributed by atoms with Crippen molar-refractivity contribution in [3.05, 3.63) is 0 Å². The quantitative estimate of drug-likeness (QED) is 0.552. The highest BCUT2D eigenvalue weighted by Crippen LogP contribution is 2.36. The topological polar surface area (TPSA) is 38.0 Å². The Hall–Kier alpha value is -0.0800. The van der Waals surface area contributed by atoms with Gasteiger partial charge in [-0.15, -0.1) is 0 Å². The molecule has 3 N–H and O–H groups in total. The average molecular weight is 254 g/mol. The molecular formula is C16H34N2. The van der Waals surface area contributed by atoms with Gasteiger partial charge in [-0.05, 0) is 44.6 Å². The van der Waals surface area contributed by atoms with E-state index in [1.807, 2.05) is 0 Å². The molecule has 2 nitrogen and oxygen atoms in total. The van der Waals surface area contributed by atoms with Crippen LogP contribution in [0.3, 0.4) is 0 Å². The first-order chi connectivity index (χ1) is 8.61. The lowest BCUT2D eigenvalue weighted by molar-refractivity contribution is 0.297. The fourth-order valence-corrected chi connectivity index (χ4v) is 2.62. The summed E-state index contributed by atoms with van der Waals surface area (Å²) in [6.07, 6.45) is 10.9. The Morgan fingerprint density at radius 3 is 2.44 bits per heavy atom. The summed E-state index contributed by atoms with van der Waals surface area (Å²) < 4.78 is 0. The maximum Gasteiger partial charge on any atom is 0.0275 e. The molecule has 2 atom stereocenters. The van der Waals surface area contributed by atoms with Crippen LogP contribution >= 0.6 is 0 Å². The molecule has 1 aliphatic rings. The van der Waals surface area contributed by atoms with Crippen molar-refractivity contribution in [2.75, 3.05) is 13.1 Å². The third-order valence-corrected chi connectivity index (χ3v) is 4.56. The van der Waals surface area contributed by atoms with Gasteiger partial charge >= 0.3 is 0 Å². The normalized spacial score (nSPS) is 20.7. The summed E-state index contributed by atoms with van der Waals surface area (Å²) in [6, 6.07) is 0. The zero-order valence-corrected chi connectivity index (χ0v) is 12.8. The molecule has 2 heteroatoms. The molecule has 2 unspecified atom stereocenters. The number of nitrogens with two attached hydrogens (primary N) is 1. The number of nitrogens with one attached hydrogen (secondary N) is 1. The number of unbranched alkanes of at least 4 members (excludes halogenated alkanes) is 4. The van der Waals surface area contributed by atoms with Crippen LogP contribution in [-0.2, 0) is 0 Å². The van der Waals surface area contributed by atoms with Gasteiger partial charge < -0.3 is 11.1 Å². The molecule has 0 saturated heterocycles. The van der Waals surface area contributed by atoms with Crippen molar-refractivity contribution in [2.24, 2.45) is 17.6 Å².